The Morgan fingerprint density at radius 1 is 0.870 bits per heavy atom. The molecule has 23 heavy (non-hydrogen) atoms. The molecule has 2 amide bonds. The summed E-state index contributed by atoms with van der Waals surface area (Å²) in [6.07, 6.45) is 0. The Balaban J connectivity index is 1.95. The Labute approximate surface area is 137 Å². The van der Waals surface area contributed by atoms with Crippen LogP contribution in [0.15, 0.2) is 54.6 Å². The van der Waals surface area contributed by atoms with Gasteiger partial charge >= 0.3 is 0 Å². The summed E-state index contributed by atoms with van der Waals surface area (Å²) in [5.74, 6) is -0.233. The Morgan fingerprint density at radius 3 is 2.13 bits per heavy atom. The van der Waals surface area contributed by atoms with Crippen LogP contribution in [-0.2, 0) is 11.3 Å². The molecule has 0 bridgehead atoms. The maximum atomic E-state index is 12.3. The molecule has 0 fully saturated rings. The molecule has 4 nitrogen and oxygen atoms in total. The molecule has 120 valence electrons. The highest BCUT2D eigenvalue weighted by atomic mass is 16.2. The van der Waals surface area contributed by atoms with Crippen LogP contribution in [-0.4, -0.2) is 42.3 Å². The predicted octanol–water partition coefficient (Wildman–Crippen LogP) is 2.73. The first-order valence-electron chi connectivity index (χ1n) is 7.58. The van der Waals surface area contributed by atoms with Crippen LogP contribution in [0, 0.1) is 6.92 Å². The lowest BCUT2D eigenvalue weighted by molar-refractivity contribution is -0.130. The van der Waals surface area contributed by atoms with Gasteiger partial charge in [0.25, 0.3) is 5.91 Å². The van der Waals surface area contributed by atoms with E-state index in [-0.39, 0.29) is 18.4 Å². The minimum Gasteiger partial charge on any atom is -0.340 e. The lowest BCUT2D eigenvalue weighted by atomic mass is 10.1. The fourth-order valence-corrected chi connectivity index (χ4v) is 2.33. The number of benzene rings is 2. The Hall–Kier alpha value is -2.62. The molecule has 0 N–H and O–H groups in total. The Morgan fingerprint density at radius 2 is 1.48 bits per heavy atom. The zero-order valence-electron chi connectivity index (χ0n) is 13.8. The number of nitrogens with zero attached hydrogens (tertiary/aromatic N) is 2. The van der Waals surface area contributed by atoms with E-state index in [0.29, 0.717) is 12.1 Å². The van der Waals surface area contributed by atoms with Gasteiger partial charge in [-0.15, -0.1) is 0 Å². The van der Waals surface area contributed by atoms with Gasteiger partial charge in [-0.3, -0.25) is 9.59 Å². The van der Waals surface area contributed by atoms with Crippen LogP contribution < -0.4 is 0 Å². The molecule has 0 aliphatic rings. The molecule has 0 saturated carbocycles. The lowest BCUT2D eigenvalue weighted by Gasteiger charge is -2.23. The predicted molar refractivity (Wildman–Crippen MR) is 91.1 cm³/mol. The van der Waals surface area contributed by atoms with Crippen molar-refractivity contribution in [1.82, 2.24) is 9.80 Å². The van der Waals surface area contributed by atoms with Crippen LogP contribution in [0.2, 0.25) is 0 Å². The smallest absolute Gasteiger partial charge is 0.254 e. The summed E-state index contributed by atoms with van der Waals surface area (Å²) in [4.78, 5) is 27.7. The van der Waals surface area contributed by atoms with Crippen molar-refractivity contribution >= 4 is 11.8 Å². The van der Waals surface area contributed by atoms with Crippen molar-refractivity contribution in [1.29, 1.82) is 0 Å². The van der Waals surface area contributed by atoms with E-state index in [1.165, 1.54) is 4.90 Å². The van der Waals surface area contributed by atoms with Crippen LogP contribution in [0.4, 0.5) is 0 Å². The van der Waals surface area contributed by atoms with E-state index in [1.807, 2.05) is 49.4 Å². The molecule has 0 unspecified atom stereocenters. The zero-order chi connectivity index (χ0) is 16.8. The van der Waals surface area contributed by atoms with Gasteiger partial charge in [-0.1, -0.05) is 42.5 Å². The molecule has 0 saturated heterocycles. The monoisotopic (exact) mass is 310 g/mol. The Kier molecular flexibility index (Phi) is 5.52. The van der Waals surface area contributed by atoms with Crippen LogP contribution in [0.3, 0.4) is 0 Å². The molecule has 2 aromatic carbocycles. The minimum atomic E-state index is -0.150. The normalized spacial score (nSPS) is 10.2. The van der Waals surface area contributed by atoms with Crippen molar-refractivity contribution in [2.24, 2.45) is 0 Å². The summed E-state index contributed by atoms with van der Waals surface area (Å²) in [6, 6.07) is 17.0. The Bertz CT molecular complexity index is 683. The summed E-state index contributed by atoms with van der Waals surface area (Å²) >= 11 is 0. The van der Waals surface area contributed by atoms with Gasteiger partial charge in [-0.2, -0.15) is 0 Å². The number of likely N-dealkylation sites (N-methyl/N-ethyl adjacent to an activating group) is 2. The van der Waals surface area contributed by atoms with E-state index in [4.69, 9.17) is 0 Å². The molecule has 2 aromatic rings. The molecule has 2 rings (SSSR count). The molecular weight excluding hydrogens is 288 g/mol. The second-order valence-corrected chi connectivity index (χ2v) is 5.70. The summed E-state index contributed by atoms with van der Waals surface area (Å²) in [5, 5.41) is 0. The second kappa shape index (κ2) is 7.58. The number of hydrogen-bond acceptors (Lipinski definition) is 2. The third kappa shape index (κ3) is 4.42. The third-order valence-electron chi connectivity index (χ3n) is 3.83. The molecule has 0 spiro atoms. The largest absolute Gasteiger partial charge is 0.340 e. The third-order valence-corrected chi connectivity index (χ3v) is 3.83. The maximum Gasteiger partial charge on any atom is 0.254 e. The average molecular weight is 310 g/mol. The van der Waals surface area contributed by atoms with Crippen molar-refractivity contribution in [3.05, 3.63) is 71.3 Å². The molecule has 0 aliphatic carbocycles. The zero-order valence-corrected chi connectivity index (χ0v) is 13.8. The first-order chi connectivity index (χ1) is 11.0. The molecule has 4 heteroatoms. The number of carbonyl (C=O) groups is 2. The highest BCUT2D eigenvalue weighted by Crippen LogP contribution is 2.10. The van der Waals surface area contributed by atoms with Gasteiger partial charge in [0.05, 0.1) is 6.54 Å². The topological polar surface area (TPSA) is 40.6 Å². The van der Waals surface area contributed by atoms with Crippen molar-refractivity contribution in [2.45, 2.75) is 13.5 Å². The molecule has 0 atom stereocenters. The standard InChI is InChI=1S/C19H22N2O2/c1-15-9-7-8-12-17(15)13-20(2)18(22)14-21(3)19(23)16-10-5-4-6-11-16/h4-12H,13-14H2,1-3H3. The summed E-state index contributed by atoms with van der Waals surface area (Å²) < 4.78 is 0. The number of carbonyl (C=O) groups excluding carboxylic acids is 2. The van der Waals surface area contributed by atoms with E-state index in [1.54, 1.807) is 31.1 Å². The highest BCUT2D eigenvalue weighted by molar-refractivity contribution is 5.96. The summed E-state index contributed by atoms with van der Waals surface area (Å²) in [6.45, 7) is 2.63. The fourth-order valence-electron chi connectivity index (χ4n) is 2.33. The van der Waals surface area contributed by atoms with Gasteiger partial charge in [0.15, 0.2) is 0 Å². The number of aryl methyl sites for hydroxylation is 1. The van der Waals surface area contributed by atoms with Crippen LogP contribution in [0.1, 0.15) is 21.5 Å². The van der Waals surface area contributed by atoms with Gasteiger partial charge in [-0.05, 0) is 30.2 Å². The first kappa shape index (κ1) is 16.7. The SMILES string of the molecule is Cc1ccccc1CN(C)C(=O)CN(C)C(=O)c1ccccc1. The highest BCUT2D eigenvalue weighted by Gasteiger charge is 2.17. The first-order valence-corrected chi connectivity index (χ1v) is 7.58. The average Bonchev–Trinajstić information content (AvgIpc) is 2.56. The molecule has 0 heterocycles. The molecule has 0 aromatic heterocycles. The van der Waals surface area contributed by atoms with E-state index in [9.17, 15) is 9.59 Å². The maximum absolute atomic E-state index is 12.3. The summed E-state index contributed by atoms with van der Waals surface area (Å²) in [7, 11) is 3.41. The number of amides is 2. The quantitative estimate of drug-likeness (QED) is 0.852. The summed E-state index contributed by atoms with van der Waals surface area (Å²) in [5.41, 5.74) is 2.85. The van der Waals surface area contributed by atoms with Crippen molar-refractivity contribution in [3.63, 3.8) is 0 Å². The van der Waals surface area contributed by atoms with Crippen LogP contribution in [0.25, 0.3) is 0 Å². The molecule has 0 radical (unpaired) electrons. The van der Waals surface area contributed by atoms with Crippen molar-refractivity contribution in [2.75, 3.05) is 20.6 Å². The van der Waals surface area contributed by atoms with Crippen LogP contribution >= 0.6 is 0 Å². The minimum absolute atomic E-state index is 0.0656. The van der Waals surface area contributed by atoms with Gasteiger partial charge in [0.1, 0.15) is 0 Å². The van der Waals surface area contributed by atoms with E-state index >= 15 is 0 Å². The second-order valence-electron chi connectivity index (χ2n) is 5.70. The van der Waals surface area contributed by atoms with Crippen LogP contribution in [0.5, 0.6) is 0 Å². The van der Waals surface area contributed by atoms with E-state index in [0.717, 1.165) is 11.1 Å². The fraction of sp³-hybridized carbons (Fsp3) is 0.263. The van der Waals surface area contributed by atoms with Gasteiger partial charge in [0.2, 0.25) is 5.91 Å². The molecule has 0 aliphatic heterocycles. The van der Waals surface area contributed by atoms with E-state index < -0.39 is 0 Å². The van der Waals surface area contributed by atoms with Crippen molar-refractivity contribution < 1.29 is 9.59 Å². The number of hydrogen-bond donors (Lipinski definition) is 0. The number of rotatable bonds is 5. The lowest BCUT2D eigenvalue weighted by Crippen LogP contribution is -2.39. The molecular formula is C19H22N2O2. The van der Waals surface area contributed by atoms with Gasteiger partial charge < -0.3 is 9.80 Å². The van der Waals surface area contributed by atoms with Crippen molar-refractivity contribution in [3.8, 4) is 0 Å². The van der Waals surface area contributed by atoms with Gasteiger partial charge in [0, 0.05) is 26.2 Å². The van der Waals surface area contributed by atoms with E-state index in [2.05, 4.69) is 0 Å². The van der Waals surface area contributed by atoms with Gasteiger partial charge in [-0.25, -0.2) is 0 Å².